The van der Waals surface area contributed by atoms with Gasteiger partial charge in [-0.2, -0.15) is 0 Å². The number of hydrogen-bond acceptors (Lipinski definition) is 8. The van der Waals surface area contributed by atoms with E-state index in [9.17, 15) is 19.5 Å². The average Bonchev–Trinajstić information content (AvgIpc) is 3.55. The van der Waals surface area contributed by atoms with E-state index in [2.05, 4.69) is 18.1 Å². The Kier molecular flexibility index (Phi) is 9.94. The first-order valence-corrected chi connectivity index (χ1v) is 15.9. The highest BCUT2D eigenvalue weighted by molar-refractivity contribution is 5.99. The maximum Gasteiger partial charge on any atom is 0.312 e. The number of likely N-dealkylation sites (tertiary alicyclic amines) is 1. The number of amides is 2. The van der Waals surface area contributed by atoms with Gasteiger partial charge in [0.2, 0.25) is 11.8 Å². The lowest BCUT2D eigenvalue weighted by molar-refractivity contribution is -0.164. The number of rotatable bonds is 14. The first-order chi connectivity index (χ1) is 21.2. The van der Waals surface area contributed by atoms with Crippen molar-refractivity contribution in [3.8, 4) is 0 Å². The van der Waals surface area contributed by atoms with Crippen LogP contribution in [0.3, 0.4) is 0 Å². The van der Waals surface area contributed by atoms with Crippen molar-refractivity contribution in [1.29, 1.82) is 0 Å². The minimum Gasteiger partial charge on any atom is -0.465 e. The number of allylic oxidation sites excluding steroid dienone is 1. The van der Waals surface area contributed by atoms with Crippen LogP contribution in [0.4, 0.5) is 0 Å². The summed E-state index contributed by atoms with van der Waals surface area (Å²) in [4.78, 5) is 48.8. The summed E-state index contributed by atoms with van der Waals surface area (Å²) < 4.78 is 18.1. The molecular weight excluding hydrogens is 562 g/mol. The Morgan fingerprint density at radius 3 is 2.59 bits per heavy atom. The summed E-state index contributed by atoms with van der Waals surface area (Å²) in [5.74, 6) is -3.00. The molecule has 2 amide bonds. The highest BCUT2D eigenvalue weighted by Gasteiger charge is 2.80. The average molecular weight is 610 g/mol. The fraction of sp³-hybridized carbons (Fsp3) is 0.618. The second kappa shape index (κ2) is 13.5. The monoisotopic (exact) mass is 609 g/mol. The number of morpholine rings is 1. The number of nitrogens with zero attached hydrogens (tertiary/aromatic N) is 3. The molecule has 0 aromatic heterocycles. The maximum atomic E-state index is 14.8. The van der Waals surface area contributed by atoms with Crippen LogP contribution in [0.25, 0.3) is 0 Å². The molecule has 44 heavy (non-hydrogen) atoms. The zero-order valence-electron chi connectivity index (χ0n) is 26.1. The van der Waals surface area contributed by atoms with Crippen LogP contribution < -0.4 is 0 Å². The molecule has 4 saturated heterocycles. The molecule has 1 aromatic carbocycles. The van der Waals surface area contributed by atoms with E-state index in [-0.39, 0.29) is 30.9 Å². The van der Waals surface area contributed by atoms with Gasteiger partial charge in [0.1, 0.15) is 17.6 Å². The number of aliphatic hydroxyl groups is 1. The molecule has 4 aliphatic rings. The van der Waals surface area contributed by atoms with E-state index in [4.69, 9.17) is 14.2 Å². The normalized spacial score (nSPS) is 31.9. The highest BCUT2D eigenvalue weighted by atomic mass is 16.6. The van der Waals surface area contributed by atoms with Crippen molar-refractivity contribution in [2.75, 3.05) is 59.2 Å². The van der Waals surface area contributed by atoms with Crippen molar-refractivity contribution >= 4 is 17.8 Å². The van der Waals surface area contributed by atoms with Crippen LogP contribution in [0.2, 0.25) is 0 Å². The zero-order valence-corrected chi connectivity index (χ0v) is 26.1. The summed E-state index contributed by atoms with van der Waals surface area (Å²) in [6.07, 6.45) is 5.23. The minimum absolute atomic E-state index is 0.113. The summed E-state index contributed by atoms with van der Waals surface area (Å²) in [7, 11) is 0. The number of unbranched alkanes of at least 4 members (excludes halogenated alkanes) is 1. The van der Waals surface area contributed by atoms with Gasteiger partial charge in [-0.15, -0.1) is 13.2 Å². The number of carbonyl (C=O) groups is 3. The van der Waals surface area contributed by atoms with E-state index in [1.54, 1.807) is 17.1 Å². The lowest BCUT2D eigenvalue weighted by Crippen LogP contribution is -2.58. The minimum atomic E-state index is -1.24. The van der Waals surface area contributed by atoms with Crippen LogP contribution in [0.5, 0.6) is 0 Å². The fourth-order valence-electron chi connectivity index (χ4n) is 7.88. The molecule has 1 N–H and O–H groups in total. The highest BCUT2D eigenvalue weighted by Crippen LogP contribution is 2.66. The van der Waals surface area contributed by atoms with E-state index in [1.807, 2.05) is 44.2 Å². The SMILES string of the molecule is C=CCCCOC(=O)[C@@H]1[C@H]2C(=O)N([C@H](CO)c3ccccc3)C(C(=O)N(CC=C)CCN3CCOCC3)C23CC(C)[C@@]1(C)O3. The Morgan fingerprint density at radius 2 is 1.93 bits per heavy atom. The molecule has 0 radical (unpaired) electrons. The van der Waals surface area contributed by atoms with Crippen molar-refractivity contribution in [2.45, 2.75) is 56.4 Å². The molecule has 240 valence electrons. The quantitative estimate of drug-likeness (QED) is 0.195. The number of aliphatic hydroxyl groups excluding tert-OH is 1. The molecule has 10 nitrogen and oxygen atoms in total. The number of hydrogen-bond donors (Lipinski definition) is 1. The lowest BCUT2D eigenvalue weighted by Gasteiger charge is -2.40. The van der Waals surface area contributed by atoms with Crippen LogP contribution in [-0.4, -0.2) is 114 Å². The van der Waals surface area contributed by atoms with Crippen LogP contribution in [0, 0.1) is 17.8 Å². The topological polar surface area (TPSA) is 109 Å². The molecule has 7 atom stereocenters. The molecule has 0 saturated carbocycles. The largest absolute Gasteiger partial charge is 0.465 e. The standard InChI is InChI=1S/C34H47N3O7/c1-5-7-11-19-43-32(41)28-27-30(39)37(26(23-38)25-12-9-8-10-13-25)29(34(27)22-24(3)33(28,4)44-34)31(40)36(14-6-2)16-15-35-17-20-42-21-18-35/h5-6,8-10,12-13,24,26-29,38H,1-2,7,11,14-23H2,3-4H3/t24?,26-,27+,28+,29?,33-,34?/m1/s1. The summed E-state index contributed by atoms with van der Waals surface area (Å²) in [6, 6.07) is 7.40. The third-order valence-corrected chi connectivity index (χ3v) is 10.2. The van der Waals surface area contributed by atoms with Crippen molar-refractivity contribution in [3.63, 3.8) is 0 Å². The molecule has 4 aliphatic heterocycles. The number of fused-ring (bicyclic) bond motifs is 1. The Labute approximate surface area is 260 Å². The van der Waals surface area contributed by atoms with E-state index < -0.39 is 41.1 Å². The molecule has 4 fully saturated rings. The smallest absolute Gasteiger partial charge is 0.312 e. The summed E-state index contributed by atoms with van der Waals surface area (Å²) in [5.41, 5.74) is -1.51. The van der Waals surface area contributed by atoms with Crippen molar-refractivity contribution in [2.24, 2.45) is 17.8 Å². The molecular formula is C34H47N3O7. The van der Waals surface area contributed by atoms with Gasteiger partial charge in [-0.25, -0.2) is 0 Å². The maximum absolute atomic E-state index is 14.8. The van der Waals surface area contributed by atoms with Gasteiger partial charge in [-0.3, -0.25) is 19.3 Å². The van der Waals surface area contributed by atoms with Crippen LogP contribution in [-0.2, 0) is 28.6 Å². The van der Waals surface area contributed by atoms with Crippen molar-refractivity contribution in [3.05, 3.63) is 61.2 Å². The summed E-state index contributed by atoms with van der Waals surface area (Å²) in [6.45, 7) is 15.6. The number of esters is 1. The summed E-state index contributed by atoms with van der Waals surface area (Å²) >= 11 is 0. The van der Waals surface area contributed by atoms with Crippen molar-refractivity contribution < 1.29 is 33.7 Å². The first-order valence-electron chi connectivity index (χ1n) is 15.9. The summed E-state index contributed by atoms with van der Waals surface area (Å²) in [5, 5.41) is 10.8. The van der Waals surface area contributed by atoms with Gasteiger partial charge in [0.25, 0.3) is 0 Å². The second-order valence-electron chi connectivity index (χ2n) is 12.7. The first kappa shape index (κ1) is 32.3. The molecule has 1 spiro atoms. The van der Waals surface area contributed by atoms with Gasteiger partial charge >= 0.3 is 5.97 Å². The van der Waals surface area contributed by atoms with Crippen LogP contribution in [0.15, 0.2) is 55.6 Å². The Bertz CT molecular complexity index is 1220. The van der Waals surface area contributed by atoms with Gasteiger partial charge in [-0.1, -0.05) is 49.4 Å². The van der Waals surface area contributed by atoms with Crippen LogP contribution >= 0.6 is 0 Å². The molecule has 4 heterocycles. The van der Waals surface area contributed by atoms with E-state index in [0.717, 1.165) is 13.1 Å². The van der Waals surface area contributed by atoms with Gasteiger partial charge in [0.05, 0.1) is 44.0 Å². The molecule has 5 rings (SSSR count). The zero-order chi connectivity index (χ0) is 31.5. The number of carbonyl (C=O) groups excluding carboxylic acids is 3. The molecule has 3 unspecified atom stereocenters. The molecule has 0 aliphatic carbocycles. The third kappa shape index (κ3) is 5.62. The fourth-order valence-corrected chi connectivity index (χ4v) is 7.88. The van der Waals surface area contributed by atoms with E-state index in [1.165, 1.54) is 4.90 Å². The van der Waals surface area contributed by atoms with Crippen LogP contribution in [0.1, 0.15) is 44.7 Å². The third-order valence-electron chi connectivity index (χ3n) is 10.2. The Balaban J connectivity index is 1.54. The van der Waals surface area contributed by atoms with Gasteiger partial charge in [0, 0.05) is 32.7 Å². The second-order valence-corrected chi connectivity index (χ2v) is 12.7. The van der Waals surface area contributed by atoms with Crippen molar-refractivity contribution in [1.82, 2.24) is 14.7 Å². The lowest BCUT2D eigenvalue weighted by atomic mass is 9.62. The Morgan fingerprint density at radius 1 is 1.20 bits per heavy atom. The molecule has 1 aromatic rings. The van der Waals surface area contributed by atoms with Gasteiger partial charge in [0.15, 0.2) is 0 Å². The van der Waals surface area contributed by atoms with Gasteiger partial charge in [-0.05, 0) is 37.7 Å². The molecule has 2 bridgehead atoms. The van der Waals surface area contributed by atoms with Gasteiger partial charge < -0.3 is 29.1 Å². The predicted molar refractivity (Wildman–Crippen MR) is 164 cm³/mol. The van der Waals surface area contributed by atoms with E-state index in [0.29, 0.717) is 57.7 Å². The number of ether oxygens (including phenoxy) is 3. The molecule has 10 heteroatoms. The van der Waals surface area contributed by atoms with E-state index >= 15 is 0 Å². The Hall–Kier alpha value is -3.05. The number of benzene rings is 1. The predicted octanol–water partition coefficient (Wildman–Crippen LogP) is 2.59.